The van der Waals surface area contributed by atoms with Gasteiger partial charge in [-0.2, -0.15) is 0 Å². The summed E-state index contributed by atoms with van der Waals surface area (Å²) < 4.78 is 4.91. The number of carbonyl (C=O) groups is 1. The highest BCUT2D eigenvalue weighted by Gasteiger charge is 2.28. The second-order valence-corrected chi connectivity index (χ2v) is 3.76. The molecular weight excluding hydrogens is 180 g/mol. The minimum absolute atomic E-state index is 0.199. The number of nitrogens with zero attached hydrogens (tertiary/aromatic N) is 1. The topological polar surface area (TPSA) is 41.6 Å². The molecule has 1 aliphatic carbocycles. The third-order valence-corrected chi connectivity index (χ3v) is 2.47. The smallest absolute Gasteiger partial charge is 0.236 e. The maximum atomic E-state index is 11.5. The molecule has 4 nitrogen and oxygen atoms in total. The molecule has 0 bridgehead atoms. The van der Waals surface area contributed by atoms with Crippen molar-refractivity contribution >= 4 is 5.91 Å². The maximum absolute atomic E-state index is 11.5. The SMILES string of the molecule is COCCCNCC(=O)N(C)C1CC1. The molecular formula is C10H20N2O2. The van der Waals surface area contributed by atoms with Crippen molar-refractivity contribution in [3.05, 3.63) is 0 Å². The summed E-state index contributed by atoms with van der Waals surface area (Å²) >= 11 is 0. The Morgan fingerprint density at radius 3 is 2.86 bits per heavy atom. The van der Waals surface area contributed by atoms with Crippen LogP contribution in [0.5, 0.6) is 0 Å². The van der Waals surface area contributed by atoms with Crippen LogP contribution in [0.15, 0.2) is 0 Å². The number of carbonyl (C=O) groups excluding carboxylic acids is 1. The van der Waals surface area contributed by atoms with E-state index >= 15 is 0 Å². The molecule has 0 heterocycles. The summed E-state index contributed by atoms with van der Waals surface area (Å²) in [7, 11) is 3.57. The number of hydrogen-bond acceptors (Lipinski definition) is 3. The highest BCUT2D eigenvalue weighted by molar-refractivity contribution is 5.78. The zero-order valence-electron chi connectivity index (χ0n) is 9.08. The number of ether oxygens (including phenoxy) is 1. The minimum atomic E-state index is 0.199. The van der Waals surface area contributed by atoms with Crippen molar-refractivity contribution in [3.8, 4) is 0 Å². The van der Waals surface area contributed by atoms with Crippen molar-refractivity contribution in [2.75, 3.05) is 33.9 Å². The zero-order valence-corrected chi connectivity index (χ0v) is 9.08. The maximum Gasteiger partial charge on any atom is 0.236 e. The summed E-state index contributed by atoms with van der Waals surface area (Å²) in [4.78, 5) is 13.3. The van der Waals surface area contributed by atoms with Crippen LogP contribution in [0.25, 0.3) is 0 Å². The van der Waals surface area contributed by atoms with Crippen molar-refractivity contribution in [1.29, 1.82) is 0 Å². The molecule has 82 valence electrons. The van der Waals surface area contributed by atoms with Crippen molar-refractivity contribution in [2.45, 2.75) is 25.3 Å². The fourth-order valence-corrected chi connectivity index (χ4v) is 1.33. The Hall–Kier alpha value is -0.610. The summed E-state index contributed by atoms with van der Waals surface area (Å²) in [5.74, 6) is 0.199. The molecule has 1 rings (SSSR count). The van der Waals surface area contributed by atoms with E-state index in [9.17, 15) is 4.79 Å². The zero-order chi connectivity index (χ0) is 10.4. The highest BCUT2D eigenvalue weighted by atomic mass is 16.5. The van der Waals surface area contributed by atoms with Crippen LogP contribution < -0.4 is 5.32 Å². The average Bonchev–Trinajstić information content (AvgIpc) is 2.99. The van der Waals surface area contributed by atoms with Gasteiger partial charge in [-0.15, -0.1) is 0 Å². The first-order chi connectivity index (χ1) is 6.75. The number of hydrogen-bond donors (Lipinski definition) is 1. The van der Waals surface area contributed by atoms with Crippen LogP contribution in [0.1, 0.15) is 19.3 Å². The Bertz CT molecular complexity index is 181. The van der Waals surface area contributed by atoms with Gasteiger partial charge in [-0.25, -0.2) is 0 Å². The van der Waals surface area contributed by atoms with Crippen molar-refractivity contribution in [1.82, 2.24) is 10.2 Å². The van der Waals surface area contributed by atoms with E-state index < -0.39 is 0 Å². The van der Waals surface area contributed by atoms with E-state index in [1.165, 1.54) is 12.8 Å². The Balaban J connectivity index is 1.97. The van der Waals surface area contributed by atoms with Crippen LogP contribution in [0, 0.1) is 0 Å². The number of rotatable bonds is 7. The first-order valence-electron chi connectivity index (χ1n) is 5.21. The van der Waals surface area contributed by atoms with Gasteiger partial charge in [-0.3, -0.25) is 4.79 Å². The van der Waals surface area contributed by atoms with Crippen LogP contribution >= 0.6 is 0 Å². The summed E-state index contributed by atoms with van der Waals surface area (Å²) in [5.41, 5.74) is 0. The van der Waals surface area contributed by atoms with Gasteiger partial charge in [0.05, 0.1) is 6.54 Å². The molecule has 0 saturated heterocycles. The Labute approximate surface area is 85.6 Å². The van der Waals surface area contributed by atoms with E-state index in [4.69, 9.17) is 4.74 Å². The molecule has 1 aliphatic rings. The molecule has 0 aromatic carbocycles. The molecule has 0 unspecified atom stereocenters. The highest BCUT2D eigenvalue weighted by Crippen LogP contribution is 2.24. The second-order valence-electron chi connectivity index (χ2n) is 3.76. The molecule has 0 spiro atoms. The van der Waals surface area contributed by atoms with Crippen LogP contribution in [0.3, 0.4) is 0 Å². The molecule has 1 amide bonds. The first-order valence-corrected chi connectivity index (χ1v) is 5.21. The van der Waals surface area contributed by atoms with Crippen molar-refractivity contribution in [2.24, 2.45) is 0 Å². The summed E-state index contributed by atoms with van der Waals surface area (Å²) in [5, 5.41) is 3.11. The number of amides is 1. The van der Waals surface area contributed by atoms with Gasteiger partial charge in [0.25, 0.3) is 0 Å². The van der Waals surface area contributed by atoms with E-state index in [-0.39, 0.29) is 5.91 Å². The fraction of sp³-hybridized carbons (Fsp3) is 0.900. The van der Waals surface area contributed by atoms with E-state index in [2.05, 4.69) is 5.32 Å². The van der Waals surface area contributed by atoms with Crippen LogP contribution in [0.4, 0.5) is 0 Å². The molecule has 14 heavy (non-hydrogen) atoms. The van der Waals surface area contributed by atoms with Gasteiger partial charge in [0, 0.05) is 26.8 Å². The number of likely N-dealkylation sites (N-methyl/N-ethyl adjacent to an activating group) is 1. The fourth-order valence-electron chi connectivity index (χ4n) is 1.33. The van der Waals surface area contributed by atoms with Gasteiger partial charge in [0.15, 0.2) is 0 Å². The predicted molar refractivity (Wildman–Crippen MR) is 55.2 cm³/mol. The summed E-state index contributed by atoms with van der Waals surface area (Å²) in [6.45, 7) is 2.05. The predicted octanol–water partition coefficient (Wildman–Crippen LogP) is 0.233. The lowest BCUT2D eigenvalue weighted by Gasteiger charge is -2.16. The molecule has 1 saturated carbocycles. The largest absolute Gasteiger partial charge is 0.385 e. The standard InChI is InChI=1S/C10H20N2O2/c1-12(9-4-5-9)10(13)8-11-6-3-7-14-2/h9,11H,3-8H2,1-2H3. The molecule has 0 radical (unpaired) electrons. The molecule has 0 aliphatic heterocycles. The van der Waals surface area contributed by atoms with Crippen LogP contribution in [-0.4, -0.2) is 50.7 Å². The van der Waals surface area contributed by atoms with Gasteiger partial charge < -0.3 is 15.0 Å². The third-order valence-electron chi connectivity index (χ3n) is 2.47. The Kier molecular flexibility index (Phi) is 4.90. The molecule has 0 atom stereocenters. The summed E-state index contributed by atoms with van der Waals surface area (Å²) in [6.07, 6.45) is 3.30. The van der Waals surface area contributed by atoms with Crippen LogP contribution in [0.2, 0.25) is 0 Å². The molecule has 0 aromatic rings. The van der Waals surface area contributed by atoms with E-state index in [1.54, 1.807) is 7.11 Å². The Morgan fingerprint density at radius 1 is 1.57 bits per heavy atom. The van der Waals surface area contributed by atoms with Crippen LogP contribution in [-0.2, 0) is 9.53 Å². The lowest BCUT2D eigenvalue weighted by molar-refractivity contribution is -0.129. The van der Waals surface area contributed by atoms with Gasteiger partial charge >= 0.3 is 0 Å². The van der Waals surface area contributed by atoms with Gasteiger partial charge in [-0.1, -0.05) is 0 Å². The first kappa shape index (κ1) is 11.5. The quantitative estimate of drug-likeness (QED) is 0.598. The molecule has 1 fully saturated rings. The van der Waals surface area contributed by atoms with Gasteiger partial charge in [-0.05, 0) is 25.8 Å². The third kappa shape index (κ3) is 4.07. The molecule has 4 heteroatoms. The van der Waals surface area contributed by atoms with E-state index in [0.29, 0.717) is 12.6 Å². The van der Waals surface area contributed by atoms with E-state index in [0.717, 1.165) is 19.6 Å². The minimum Gasteiger partial charge on any atom is -0.385 e. The van der Waals surface area contributed by atoms with E-state index in [1.807, 2.05) is 11.9 Å². The number of nitrogens with one attached hydrogen (secondary N) is 1. The van der Waals surface area contributed by atoms with Crippen molar-refractivity contribution in [3.63, 3.8) is 0 Å². The molecule has 0 aromatic heterocycles. The second kappa shape index (κ2) is 5.98. The lowest BCUT2D eigenvalue weighted by atomic mass is 10.4. The summed E-state index contributed by atoms with van der Waals surface area (Å²) in [6, 6.07) is 0.517. The normalized spacial score (nSPS) is 15.6. The van der Waals surface area contributed by atoms with Gasteiger partial charge in [0.2, 0.25) is 5.91 Å². The van der Waals surface area contributed by atoms with Crippen molar-refractivity contribution < 1.29 is 9.53 Å². The lowest BCUT2D eigenvalue weighted by Crippen LogP contribution is -2.37. The monoisotopic (exact) mass is 200 g/mol. The average molecular weight is 200 g/mol. The number of methoxy groups -OCH3 is 1. The molecule has 1 N–H and O–H groups in total. The Morgan fingerprint density at radius 2 is 2.29 bits per heavy atom. The van der Waals surface area contributed by atoms with Gasteiger partial charge in [0.1, 0.15) is 0 Å².